The Balaban J connectivity index is 1.72. The van der Waals surface area contributed by atoms with Crippen LogP contribution >= 0.6 is 0 Å². The molecule has 0 radical (unpaired) electrons. The number of carbonyl (C=O) groups is 4. The molecule has 3 amide bonds. The number of carbonyl (C=O) groups excluding carboxylic acids is 4. The van der Waals surface area contributed by atoms with Crippen molar-refractivity contribution in [2.75, 3.05) is 34.0 Å². The molecule has 2 unspecified atom stereocenters. The Morgan fingerprint density at radius 3 is 2.13 bits per heavy atom. The van der Waals surface area contributed by atoms with Gasteiger partial charge in [-0.2, -0.15) is 0 Å². The first-order valence-electron chi connectivity index (χ1n) is 11.8. The molecule has 38 heavy (non-hydrogen) atoms. The number of hydrogen-bond acceptors (Lipinski definition) is 9. The van der Waals surface area contributed by atoms with Crippen molar-refractivity contribution in [3.63, 3.8) is 0 Å². The minimum atomic E-state index is -1.25. The fourth-order valence-corrected chi connectivity index (χ4v) is 3.66. The fourth-order valence-electron chi connectivity index (χ4n) is 3.66. The number of aromatic nitrogens is 1. The maximum Gasteiger partial charge on any atom is 0.274 e. The van der Waals surface area contributed by atoms with Crippen LogP contribution < -0.4 is 16.0 Å². The van der Waals surface area contributed by atoms with Crippen LogP contribution in [0.1, 0.15) is 28.7 Å². The Hall–Kier alpha value is -3.68. The third-order valence-corrected chi connectivity index (χ3v) is 5.90. The molecule has 1 saturated heterocycles. The molecule has 0 spiro atoms. The van der Waals surface area contributed by atoms with Crippen molar-refractivity contribution in [2.45, 2.75) is 44.0 Å². The lowest BCUT2D eigenvalue weighted by atomic mass is 9.94. The van der Waals surface area contributed by atoms with Crippen molar-refractivity contribution < 1.29 is 42.3 Å². The number of hydrogen-bond donors (Lipinski definition) is 3. The van der Waals surface area contributed by atoms with Gasteiger partial charge in [-0.25, -0.2) is 4.39 Å². The molecule has 1 aromatic carbocycles. The summed E-state index contributed by atoms with van der Waals surface area (Å²) < 4.78 is 34.6. The number of nitrogens with zero attached hydrogens (tertiary/aromatic N) is 1. The summed E-state index contributed by atoms with van der Waals surface area (Å²) in [6.07, 6.45) is -0.122. The number of rotatable bonds is 14. The number of nitrogens with one attached hydrogen (secondary N) is 3. The summed E-state index contributed by atoms with van der Waals surface area (Å²) in [5, 5.41) is 11.2. The maximum absolute atomic E-state index is 14.3. The predicted molar refractivity (Wildman–Crippen MR) is 130 cm³/mol. The van der Waals surface area contributed by atoms with Crippen LogP contribution in [0.25, 0.3) is 0 Å². The number of Topliss-reactive ketones (excluding diaryl/α,β-unsaturated/α-hetero) is 1. The molecule has 3 N–H and O–H groups in total. The summed E-state index contributed by atoms with van der Waals surface area (Å²) in [5.74, 6) is -2.71. The molecule has 1 aliphatic heterocycles. The average molecular weight is 535 g/mol. The Morgan fingerprint density at radius 1 is 1.03 bits per heavy atom. The number of ketones is 1. The van der Waals surface area contributed by atoms with Gasteiger partial charge in [-0.1, -0.05) is 23.4 Å². The van der Waals surface area contributed by atoms with E-state index in [1.165, 1.54) is 38.5 Å². The van der Waals surface area contributed by atoms with Gasteiger partial charge in [-0.15, -0.1) is 0 Å². The second-order valence-corrected chi connectivity index (χ2v) is 9.06. The van der Waals surface area contributed by atoms with Gasteiger partial charge in [-0.05, 0) is 25.5 Å². The van der Waals surface area contributed by atoms with Crippen LogP contribution in [0.5, 0.6) is 0 Å². The minimum Gasteiger partial charge on any atom is -0.382 e. The highest BCUT2D eigenvalue weighted by molar-refractivity contribution is 5.99. The summed E-state index contributed by atoms with van der Waals surface area (Å²) in [4.78, 5) is 51.7. The van der Waals surface area contributed by atoms with E-state index in [4.69, 9.17) is 18.7 Å². The zero-order valence-corrected chi connectivity index (χ0v) is 21.5. The van der Waals surface area contributed by atoms with E-state index >= 15 is 0 Å². The summed E-state index contributed by atoms with van der Waals surface area (Å²) >= 11 is 0. The molecule has 0 saturated carbocycles. The molecule has 1 aromatic heterocycles. The Bertz CT molecular complexity index is 1170. The minimum absolute atomic E-state index is 0.0344. The molecular weight excluding hydrogens is 503 g/mol. The first-order chi connectivity index (χ1) is 18.1. The van der Waals surface area contributed by atoms with E-state index in [0.29, 0.717) is 5.76 Å². The number of benzene rings is 1. The largest absolute Gasteiger partial charge is 0.382 e. The van der Waals surface area contributed by atoms with Crippen LogP contribution in [0.4, 0.5) is 4.39 Å². The van der Waals surface area contributed by atoms with Crippen LogP contribution in [-0.4, -0.2) is 86.4 Å². The molecule has 12 nitrogen and oxygen atoms in total. The van der Waals surface area contributed by atoms with E-state index in [0.717, 1.165) is 0 Å². The number of ether oxygens (including phenoxy) is 3. The number of aryl methyl sites for hydroxylation is 1. The van der Waals surface area contributed by atoms with Crippen molar-refractivity contribution in [1.29, 1.82) is 0 Å². The number of amides is 3. The quantitative estimate of drug-likeness (QED) is 0.285. The maximum atomic E-state index is 14.3. The van der Waals surface area contributed by atoms with Gasteiger partial charge >= 0.3 is 0 Å². The molecule has 206 valence electrons. The van der Waals surface area contributed by atoms with Gasteiger partial charge in [0.25, 0.3) is 5.91 Å². The van der Waals surface area contributed by atoms with Gasteiger partial charge in [-0.3, -0.25) is 19.2 Å². The highest BCUT2D eigenvalue weighted by atomic mass is 19.1. The second kappa shape index (κ2) is 12.7. The third kappa shape index (κ3) is 7.43. The lowest BCUT2D eigenvalue weighted by Crippen LogP contribution is -2.59. The molecule has 13 heteroatoms. The predicted octanol–water partition coefficient (Wildman–Crippen LogP) is 0.0836. The molecule has 1 fully saturated rings. The lowest BCUT2D eigenvalue weighted by molar-refractivity contribution is -0.134. The zero-order valence-electron chi connectivity index (χ0n) is 21.5. The molecule has 0 aliphatic carbocycles. The van der Waals surface area contributed by atoms with E-state index in [2.05, 4.69) is 21.1 Å². The van der Waals surface area contributed by atoms with E-state index in [1.807, 2.05) is 0 Å². The Morgan fingerprint density at radius 2 is 1.61 bits per heavy atom. The van der Waals surface area contributed by atoms with Gasteiger partial charge in [0.15, 0.2) is 11.5 Å². The monoisotopic (exact) mass is 534 g/mol. The van der Waals surface area contributed by atoms with Crippen LogP contribution in [0.3, 0.4) is 0 Å². The van der Waals surface area contributed by atoms with E-state index in [-0.39, 0.29) is 37.5 Å². The van der Waals surface area contributed by atoms with Gasteiger partial charge in [0.05, 0.1) is 25.9 Å². The van der Waals surface area contributed by atoms with E-state index in [1.54, 1.807) is 19.9 Å². The van der Waals surface area contributed by atoms with E-state index in [9.17, 15) is 23.6 Å². The Labute approximate surface area is 218 Å². The van der Waals surface area contributed by atoms with Crippen molar-refractivity contribution in [1.82, 2.24) is 21.1 Å². The average Bonchev–Trinajstić information content (AvgIpc) is 3.49. The van der Waals surface area contributed by atoms with Crippen molar-refractivity contribution >= 4 is 23.5 Å². The number of halogens is 1. The fraction of sp³-hybridized carbons (Fsp3) is 0.480. The summed E-state index contributed by atoms with van der Waals surface area (Å²) in [6, 6.07) is 3.74. The molecule has 0 bridgehead atoms. The van der Waals surface area contributed by atoms with Gasteiger partial charge in [0, 0.05) is 26.7 Å². The highest BCUT2D eigenvalue weighted by Gasteiger charge is 2.50. The molecule has 2 aromatic rings. The summed E-state index contributed by atoms with van der Waals surface area (Å²) in [6.45, 7) is 2.91. The van der Waals surface area contributed by atoms with Crippen LogP contribution in [0.2, 0.25) is 0 Å². The highest BCUT2D eigenvalue weighted by Crippen LogP contribution is 2.29. The van der Waals surface area contributed by atoms with Crippen LogP contribution in [-0.2, 0) is 35.0 Å². The van der Waals surface area contributed by atoms with Crippen LogP contribution in [0.15, 0.2) is 34.9 Å². The number of epoxide rings is 1. The molecule has 1 aliphatic rings. The zero-order chi connectivity index (χ0) is 27.9. The van der Waals surface area contributed by atoms with Crippen LogP contribution in [0, 0.1) is 12.7 Å². The van der Waals surface area contributed by atoms with Gasteiger partial charge < -0.3 is 34.7 Å². The summed E-state index contributed by atoms with van der Waals surface area (Å²) in [7, 11) is 2.67. The lowest BCUT2D eigenvalue weighted by Gasteiger charge is -2.25. The molecule has 3 rings (SSSR count). The molecular formula is C25H31FN4O8. The first kappa shape index (κ1) is 28.9. The Kier molecular flexibility index (Phi) is 9.66. The van der Waals surface area contributed by atoms with Crippen molar-refractivity contribution in [2.24, 2.45) is 0 Å². The second-order valence-electron chi connectivity index (χ2n) is 9.06. The van der Waals surface area contributed by atoms with Crippen molar-refractivity contribution in [3.05, 3.63) is 53.2 Å². The standard InChI is InChI=1S/C25H31FN4O8/c1-14-9-18(30-38-14)22(32)28-20(12-36-4)24(34)29-19(11-35-3)23(33)27-17(21(31)25(2)13-37-25)10-15-7-5-6-8-16(15)26/h5-9,17,19-20H,10-13H2,1-4H3,(H,27,33)(H,28,32)(H,29,34)/t17?,19-,20?,25+/m0/s1. The molecule has 4 atom stereocenters. The molecule has 2 heterocycles. The van der Waals surface area contributed by atoms with Crippen molar-refractivity contribution in [3.8, 4) is 0 Å². The smallest absolute Gasteiger partial charge is 0.274 e. The third-order valence-electron chi connectivity index (χ3n) is 5.90. The first-order valence-corrected chi connectivity index (χ1v) is 11.8. The topological polar surface area (TPSA) is 161 Å². The van der Waals surface area contributed by atoms with E-state index < -0.39 is 53.0 Å². The summed E-state index contributed by atoms with van der Waals surface area (Å²) in [5.41, 5.74) is -0.891. The normalized spacial score (nSPS) is 18.7. The van der Waals surface area contributed by atoms with Gasteiger partial charge in [0.1, 0.15) is 29.3 Å². The SMILES string of the molecule is COCC(NC(=O)c1cc(C)on1)C(=O)N[C@@H](COC)C(=O)NC(Cc1ccccc1F)C(=O)[C@@]1(C)CO1. The van der Waals surface area contributed by atoms with Gasteiger partial charge in [0.2, 0.25) is 11.8 Å². The number of methoxy groups -OCH3 is 2.